The van der Waals surface area contributed by atoms with E-state index in [2.05, 4.69) is 26.9 Å². The van der Waals surface area contributed by atoms with E-state index in [0.717, 1.165) is 33.4 Å². The van der Waals surface area contributed by atoms with E-state index in [0.29, 0.717) is 24.4 Å². The highest BCUT2D eigenvalue weighted by atomic mass is 32.2. The average molecular weight is 543 g/mol. The van der Waals surface area contributed by atoms with Gasteiger partial charge in [0.25, 0.3) is 0 Å². The van der Waals surface area contributed by atoms with Crippen LogP contribution < -0.4 is 14.8 Å². The molecular weight excluding hydrogens is 517 g/mol. The number of thiazole rings is 2. The topological polar surface area (TPSA) is 113 Å². The van der Waals surface area contributed by atoms with Gasteiger partial charge in [-0.2, -0.15) is 8.42 Å². The van der Waals surface area contributed by atoms with Gasteiger partial charge in [0.2, 0.25) is 0 Å². The molecule has 3 N–H and O–H groups in total. The van der Waals surface area contributed by atoms with Crippen LogP contribution in [0.4, 0.5) is 10.8 Å². The molecule has 2 heterocycles. The molecule has 11 heteroatoms. The lowest BCUT2D eigenvalue weighted by Gasteiger charge is -2.17. The van der Waals surface area contributed by atoms with Crippen LogP contribution in [0, 0.1) is 0 Å². The molecular formula is C25H26N4O4S3. The first kappa shape index (κ1) is 24.7. The van der Waals surface area contributed by atoms with Gasteiger partial charge < -0.3 is 10.1 Å². The quantitative estimate of drug-likeness (QED) is 0.209. The Morgan fingerprint density at radius 1 is 1.08 bits per heavy atom. The molecule has 8 nitrogen and oxygen atoms in total. The van der Waals surface area contributed by atoms with E-state index in [1.807, 2.05) is 30.3 Å². The van der Waals surface area contributed by atoms with Crippen LogP contribution in [0.1, 0.15) is 52.3 Å². The van der Waals surface area contributed by atoms with Gasteiger partial charge in [-0.15, -0.1) is 22.7 Å². The zero-order valence-electron chi connectivity index (χ0n) is 19.5. The van der Waals surface area contributed by atoms with Crippen molar-refractivity contribution >= 4 is 43.8 Å². The molecule has 1 fully saturated rings. The minimum absolute atomic E-state index is 0.0926. The van der Waals surface area contributed by atoms with Gasteiger partial charge in [0, 0.05) is 23.1 Å². The minimum atomic E-state index is -4.31. The molecule has 1 atom stereocenters. The van der Waals surface area contributed by atoms with Crippen LogP contribution in [-0.2, 0) is 23.1 Å². The first-order valence-electron chi connectivity index (χ1n) is 11.5. The fourth-order valence-electron chi connectivity index (χ4n) is 3.90. The minimum Gasteiger partial charge on any atom is -0.497 e. The van der Waals surface area contributed by atoms with Gasteiger partial charge in [0.05, 0.1) is 35.2 Å². The van der Waals surface area contributed by atoms with Crippen LogP contribution in [0.5, 0.6) is 5.75 Å². The number of hydrogen-bond acceptors (Lipinski definition) is 8. The van der Waals surface area contributed by atoms with Crippen LogP contribution in [0.15, 0.2) is 59.3 Å². The summed E-state index contributed by atoms with van der Waals surface area (Å²) in [5.41, 5.74) is 4.40. The third-order valence-electron chi connectivity index (χ3n) is 5.83. The van der Waals surface area contributed by atoms with E-state index in [4.69, 9.17) is 19.3 Å². The Bertz CT molecular complexity index is 1430. The molecule has 188 valence electrons. The summed E-state index contributed by atoms with van der Waals surface area (Å²) in [4.78, 5) is 9.73. The Labute approximate surface area is 218 Å². The van der Waals surface area contributed by atoms with Crippen molar-refractivity contribution in [3.63, 3.8) is 0 Å². The summed E-state index contributed by atoms with van der Waals surface area (Å²) in [5.74, 6) is 1.42. The Hall–Kier alpha value is -2.99. The van der Waals surface area contributed by atoms with Crippen LogP contribution in [0.2, 0.25) is 0 Å². The van der Waals surface area contributed by atoms with Gasteiger partial charge in [-0.25, -0.2) is 9.97 Å². The van der Waals surface area contributed by atoms with E-state index in [1.54, 1.807) is 41.9 Å². The molecule has 0 bridgehead atoms. The highest BCUT2D eigenvalue weighted by Crippen LogP contribution is 2.42. The maximum Gasteiger partial charge on any atom is 0.357 e. The number of rotatable bonds is 11. The molecule has 0 aliphatic heterocycles. The molecule has 5 rings (SSSR count). The molecule has 0 amide bonds. The van der Waals surface area contributed by atoms with Crippen molar-refractivity contribution in [3.8, 4) is 5.75 Å². The van der Waals surface area contributed by atoms with Gasteiger partial charge in [0.15, 0.2) is 5.13 Å². The van der Waals surface area contributed by atoms with Gasteiger partial charge >= 0.3 is 10.3 Å². The van der Waals surface area contributed by atoms with E-state index >= 15 is 0 Å². The number of nitrogens with one attached hydrogen (secondary N) is 2. The molecule has 36 heavy (non-hydrogen) atoms. The number of methoxy groups -OCH3 is 1. The molecule has 4 aromatic rings. The third kappa shape index (κ3) is 6.61. The van der Waals surface area contributed by atoms with Crippen molar-refractivity contribution < 1.29 is 17.7 Å². The second kappa shape index (κ2) is 10.6. The molecule has 0 saturated heterocycles. The highest BCUT2D eigenvalue weighted by Gasteiger charge is 2.28. The fraction of sp³-hybridized carbons (Fsp3) is 0.280. The van der Waals surface area contributed by atoms with Gasteiger partial charge in [-0.3, -0.25) is 9.27 Å². The number of anilines is 2. The summed E-state index contributed by atoms with van der Waals surface area (Å²) >= 11 is 3.27. The number of ether oxygens (including phenoxy) is 1. The Morgan fingerprint density at radius 2 is 1.89 bits per heavy atom. The van der Waals surface area contributed by atoms with Crippen LogP contribution in [0.3, 0.4) is 0 Å². The predicted octanol–water partition coefficient (Wildman–Crippen LogP) is 5.69. The first-order valence-corrected chi connectivity index (χ1v) is 14.7. The Morgan fingerprint density at radius 3 is 2.61 bits per heavy atom. The molecule has 2 aromatic carbocycles. The lowest BCUT2D eigenvalue weighted by molar-refractivity contribution is 0.414. The Kier molecular flexibility index (Phi) is 7.24. The largest absolute Gasteiger partial charge is 0.497 e. The lowest BCUT2D eigenvalue weighted by Crippen LogP contribution is -2.15. The number of benzene rings is 2. The second-order valence-electron chi connectivity index (χ2n) is 8.73. The van der Waals surface area contributed by atoms with Crippen LogP contribution in [-0.4, -0.2) is 30.0 Å². The summed E-state index contributed by atoms with van der Waals surface area (Å²) in [6.45, 7) is 0. The highest BCUT2D eigenvalue weighted by molar-refractivity contribution is 7.87. The molecule has 1 aliphatic rings. The molecule has 0 unspecified atom stereocenters. The zero-order valence-corrected chi connectivity index (χ0v) is 22.0. The molecule has 0 spiro atoms. The van der Waals surface area contributed by atoms with Crippen molar-refractivity contribution in [1.82, 2.24) is 9.97 Å². The second-order valence-corrected chi connectivity index (χ2v) is 11.6. The average Bonchev–Trinajstić information content (AvgIpc) is 3.41. The summed E-state index contributed by atoms with van der Waals surface area (Å²) < 4.78 is 38.6. The lowest BCUT2D eigenvalue weighted by atomic mass is 10.0. The monoisotopic (exact) mass is 542 g/mol. The zero-order chi connectivity index (χ0) is 25.1. The van der Waals surface area contributed by atoms with Crippen LogP contribution >= 0.6 is 22.7 Å². The number of aromatic nitrogens is 2. The maximum atomic E-state index is 11.1. The number of hydrogen-bond donors (Lipinski definition) is 3. The molecule has 1 aliphatic carbocycles. The van der Waals surface area contributed by atoms with E-state index < -0.39 is 10.3 Å². The Balaban J connectivity index is 1.33. The third-order valence-corrected chi connectivity index (χ3v) is 8.17. The van der Waals surface area contributed by atoms with Gasteiger partial charge in [0.1, 0.15) is 5.75 Å². The maximum absolute atomic E-state index is 11.1. The normalized spacial score (nSPS) is 14.4. The van der Waals surface area contributed by atoms with E-state index in [-0.39, 0.29) is 6.04 Å². The van der Waals surface area contributed by atoms with Crippen molar-refractivity contribution in [2.45, 2.75) is 37.6 Å². The summed E-state index contributed by atoms with van der Waals surface area (Å²) in [5, 5.41) is 9.76. The van der Waals surface area contributed by atoms with E-state index in [9.17, 15) is 8.42 Å². The van der Waals surface area contributed by atoms with Crippen molar-refractivity contribution in [2.24, 2.45) is 0 Å². The van der Waals surface area contributed by atoms with Gasteiger partial charge in [-0.1, -0.05) is 24.3 Å². The van der Waals surface area contributed by atoms with Crippen molar-refractivity contribution in [2.75, 3.05) is 17.1 Å². The van der Waals surface area contributed by atoms with Crippen molar-refractivity contribution in [3.05, 3.63) is 86.8 Å². The van der Waals surface area contributed by atoms with E-state index in [1.165, 1.54) is 17.8 Å². The standard InChI is InChI=1S/C25H26N4O4S3/c1-33-21-4-2-3-17(12-21)11-20-14-35-25(26-20)28-22(23-15-34-24(27-23)18-7-8-18)13-16-5-9-19(10-6-16)29-36(30,31)32/h2-6,9-10,12,14-15,18,22,29H,7-8,11,13H2,1H3,(H,26,28)(H,30,31,32)/t22-/m0/s1. The predicted molar refractivity (Wildman–Crippen MR) is 144 cm³/mol. The van der Waals surface area contributed by atoms with Gasteiger partial charge in [-0.05, 0) is 54.7 Å². The summed E-state index contributed by atoms with van der Waals surface area (Å²) in [6.07, 6.45) is 3.76. The summed E-state index contributed by atoms with van der Waals surface area (Å²) in [7, 11) is -2.64. The fourth-order valence-corrected chi connectivity index (χ4v) is 6.14. The number of nitrogens with zero attached hydrogens (tertiary/aromatic N) is 2. The molecule has 2 aromatic heterocycles. The summed E-state index contributed by atoms with van der Waals surface area (Å²) in [6, 6.07) is 14.8. The molecule has 1 saturated carbocycles. The van der Waals surface area contributed by atoms with Crippen LogP contribution in [0.25, 0.3) is 0 Å². The SMILES string of the molecule is COc1cccc(Cc2csc(N[C@@H](Cc3ccc(NS(=O)(=O)O)cc3)c3csc(C4CC4)n3)n2)c1. The first-order chi connectivity index (χ1) is 17.3. The molecule has 0 radical (unpaired) electrons. The van der Waals surface area contributed by atoms with Crippen molar-refractivity contribution in [1.29, 1.82) is 0 Å². The smallest absolute Gasteiger partial charge is 0.357 e.